The molecular formula is C13H18N4O. The molecule has 2 rings (SSSR count). The maximum absolute atomic E-state index is 11.6. The maximum atomic E-state index is 11.6. The zero-order valence-corrected chi connectivity index (χ0v) is 10.8. The number of nitrogen functional groups attached to an aromatic ring is 1. The third-order valence-corrected chi connectivity index (χ3v) is 3.15. The molecule has 0 saturated heterocycles. The highest BCUT2D eigenvalue weighted by Crippen LogP contribution is 2.05. The lowest BCUT2D eigenvalue weighted by Crippen LogP contribution is -2.19. The van der Waals surface area contributed by atoms with Gasteiger partial charge < -0.3 is 14.9 Å². The predicted molar refractivity (Wildman–Crippen MR) is 71.4 cm³/mol. The molecule has 2 N–H and O–H groups in total. The van der Waals surface area contributed by atoms with Crippen molar-refractivity contribution < 1.29 is 0 Å². The van der Waals surface area contributed by atoms with Crippen molar-refractivity contribution in [1.29, 1.82) is 0 Å². The van der Waals surface area contributed by atoms with Gasteiger partial charge >= 0.3 is 0 Å². The van der Waals surface area contributed by atoms with E-state index in [2.05, 4.69) is 16.5 Å². The molecule has 0 spiro atoms. The summed E-state index contributed by atoms with van der Waals surface area (Å²) >= 11 is 0. The predicted octanol–water partition coefficient (Wildman–Crippen LogP) is 1.33. The molecule has 5 nitrogen and oxygen atoms in total. The van der Waals surface area contributed by atoms with Crippen LogP contribution in [0.1, 0.15) is 17.8 Å². The van der Waals surface area contributed by atoms with Gasteiger partial charge in [0, 0.05) is 36.7 Å². The van der Waals surface area contributed by atoms with Gasteiger partial charge in [0.1, 0.15) is 0 Å². The number of nitrogens with zero attached hydrogens (tertiary/aromatic N) is 3. The van der Waals surface area contributed by atoms with E-state index in [1.165, 1.54) is 11.8 Å². The zero-order valence-electron chi connectivity index (χ0n) is 10.8. The molecule has 2 heterocycles. The largest absolute Gasteiger partial charge is 0.398 e. The van der Waals surface area contributed by atoms with Crippen LogP contribution in [0, 0.1) is 13.8 Å². The molecule has 0 aliphatic rings. The minimum Gasteiger partial charge on any atom is -0.398 e. The Hall–Kier alpha value is -2.04. The van der Waals surface area contributed by atoms with Gasteiger partial charge in [0.15, 0.2) is 0 Å². The molecule has 0 fully saturated rings. The van der Waals surface area contributed by atoms with Gasteiger partial charge in [-0.3, -0.25) is 4.79 Å². The molecule has 0 aliphatic heterocycles. The normalized spacial score (nSPS) is 10.8. The van der Waals surface area contributed by atoms with Gasteiger partial charge in [-0.2, -0.15) is 0 Å². The van der Waals surface area contributed by atoms with Gasteiger partial charge in [-0.15, -0.1) is 0 Å². The molecule has 0 aromatic carbocycles. The topological polar surface area (TPSA) is 65.8 Å². The number of rotatable bonds is 4. The highest BCUT2D eigenvalue weighted by molar-refractivity contribution is 5.33. The monoisotopic (exact) mass is 246 g/mol. The van der Waals surface area contributed by atoms with E-state index in [1.807, 2.05) is 13.3 Å². The van der Waals surface area contributed by atoms with Crippen LogP contribution in [0.5, 0.6) is 0 Å². The Morgan fingerprint density at radius 3 is 2.61 bits per heavy atom. The summed E-state index contributed by atoms with van der Waals surface area (Å²) in [4.78, 5) is 15.8. The number of anilines is 1. The summed E-state index contributed by atoms with van der Waals surface area (Å²) in [5.74, 6) is 0. The van der Waals surface area contributed by atoms with E-state index in [0.29, 0.717) is 12.2 Å². The molecule has 0 bridgehead atoms. The fourth-order valence-corrected chi connectivity index (χ4v) is 1.91. The van der Waals surface area contributed by atoms with Crippen molar-refractivity contribution >= 4 is 5.69 Å². The molecule has 0 saturated carbocycles. The van der Waals surface area contributed by atoms with Gasteiger partial charge in [-0.05, 0) is 26.3 Å². The lowest BCUT2D eigenvalue weighted by molar-refractivity contribution is 0.547. The first-order chi connectivity index (χ1) is 8.58. The Kier molecular flexibility index (Phi) is 3.50. The fraction of sp³-hybridized carbons (Fsp3) is 0.385. The Bertz CT molecular complexity index is 597. The third-order valence-electron chi connectivity index (χ3n) is 3.15. The van der Waals surface area contributed by atoms with Crippen LogP contribution in [0.25, 0.3) is 0 Å². The number of pyridine rings is 1. The van der Waals surface area contributed by atoms with E-state index in [0.717, 1.165) is 18.7 Å². The van der Waals surface area contributed by atoms with Gasteiger partial charge in [-0.25, -0.2) is 4.98 Å². The van der Waals surface area contributed by atoms with Crippen molar-refractivity contribution in [2.75, 3.05) is 5.73 Å². The van der Waals surface area contributed by atoms with Crippen LogP contribution in [-0.4, -0.2) is 14.1 Å². The number of imidazole rings is 1. The van der Waals surface area contributed by atoms with Gasteiger partial charge in [0.2, 0.25) is 0 Å². The molecule has 0 amide bonds. The number of aryl methyl sites for hydroxylation is 3. The second-order valence-corrected chi connectivity index (χ2v) is 4.46. The molecule has 0 unspecified atom stereocenters. The lowest BCUT2D eigenvalue weighted by Gasteiger charge is -2.08. The Balaban J connectivity index is 1.98. The van der Waals surface area contributed by atoms with E-state index in [4.69, 9.17) is 5.73 Å². The van der Waals surface area contributed by atoms with Crippen molar-refractivity contribution in [2.24, 2.45) is 0 Å². The Morgan fingerprint density at radius 1 is 1.22 bits per heavy atom. The Morgan fingerprint density at radius 2 is 1.94 bits per heavy atom. The first kappa shape index (κ1) is 12.4. The SMILES string of the molecule is Cc1ncn(CCCn2cc(N)ccc2=O)c1C. The highest BCUT2D eigenvalue weighted by Gasteiger charge is 2.02. The molecule has 0 radical (unpaired) electrons. The van der Waals surface area contributed by atoms with Gasteiger partial charge in [-0.1, -0.05) is 0 Å². The van der Waals surface area contributed by atoms with Crippen LogP contribution in [0.3, 0.4) is 0 Å². The van der Waals surface area contributed by atoms with Crippen molar-refractivity contribution in [2.45, 2.75) is 33.4 Å². The quantitative estimate of drug-likeness (QED) is 0.885. The van der Waals surface area contributed by atoms with E-state index in [9.17, 15) is 4.79 Å². The summed E-state index contributed by atoms with van der Waals surface area (Å²) in [6, 6.07) is 3.13. The first-order valence-corrected chi connectivity index (χ1v) is 6.02. The van der Waals surface area contributed by atoms with Crippen molar-refractivity contribution in [1.82, 2.24) is 14.1 Å². The molecule has 0 atom stereocenters. The lowest BCUT2D eigenvalue weighted by atomic mass is 10.3. The first-order valence-electron chi connectivity index (χ1n) is 6.02. The minimum atomic E-state index is -0.0114. The van der Waals surface area contributed by atoms with Gasteiger partial charge in [0.05, 0.1) is 12.0 Å². The van der Waals surface area contributed by atoms with Crippen LogP contribution < -0.4 is 11.3 Å². The van der Waals surface area contributed by atoms with E-state index < -0.39 is 0 Å². The summed E-state index contributed by atoms with van der Waals surface area (Å²) in [6.07, 6.45) is 4.40. The van der Waals surface area contributed by atoms with Crippen LogP contribution in [0.15, 0.2) is 29.5 Å². The summed E-state index contributed by atoms with van der Waals surface area (Å²) in [7, 11) is 0. The van der Waals surface area contributed by atoms with E-state index >= 15 is 0 Å². The molecule has 18 heavy (non-hydrogen) atoms. The van der Waals surface area contributed by atoms with Crippen molar-refractivity contribution in [3.05, 3.63) is 46.4 Å². The third kappa shape index (κ3) is 2.61. The van der Waals surface area contributed by atoms with Crippen LogP contribution in [0.2, 0.25) is 0 Å². The van der Waals surface area contributed by atoms with Crippen LogP contribution in [0.4, 0.5) is 5.69 Å². The number of hydrogen-bond donors (Lipinski definition) is 1. The van der Waals surface area contributed by atoms with Crippen molar-refractivity contribution in [3.8, 4) is 0 Å². The second-order valence-electron chi connectivity index (χ2n) is 4.46. The zero-order chi connectivity index (χ0) is 13.1. The average Bonchev–Trinajstić information content (AvgIpc) is 2.65. The smallest absolute Gasteiger partial charge is 0.250 e. The summed E-state index contributed by atoms with van der Waals surface area (Å²) in [5.41, 5.74) is 8.49. The van der Waals surface area contributed by atoms with E-state index in [1.54, 1.807) is 16.8 Å². The van der Waals surface area contributed by atoms with Crippen LogP contribution in [-0.2, 0) is 13.1 Å². The van der Waals surface area contributed by atoms with Crippen LogP contribution >= 0.6 is 0 Å². The number of nitrogens with two attached hydrogens (primary N) is 1. The number of hydrogen-bond acceptors (Lipinski definition) is 3. The molecule has 2 aromatic rings. The van der Waals surface area contributed by atoms with Crippen molar-refractivity contribution in [3.63, 3.8) is 0 Å². The minimum absolute atomic E-state index is 0.0114. The summed E-state index contributed by atoms with van der Waals surface area (Å²) < 4.78 is 3.75. The van der Waals surface area contributed by atoms with Gasteiger partial charge in [0.25, 0.3) is 5.56 Å². The fourth-order valence-electron chi connectivity index (χ4n) is 1.91. The molecule has 5 heteroatoms. The highest BCUT2D eigenvalue weighted by atomic mass is 16.1. The summed E-state index contributed by atoms with van der Waals surface area (Å²) in [5, 5.41) is 0. The summed E-state index contributed by atoms with van der Waals surface area (Å²) in [6.45, 7) is 5.57. The molecule has 96 valence electrons. The molecule has 2 aromatic heterocycles. The molecule has 0 aliphatic carbocycles. The van der Waals surface area contributed by atoms with E-state index in [-0.39, 0.29) is 5.56 Å². The molecular weight excluding hydrogens is 228 g/mol. The maximum Gasteiger partial charge on any atom is 0.250 e. The standard InChI is InChI=1S/C13H18N4O/c1-10-11(2)17(9-15-10)7-3-6-16-8-12(14)4-5-13(16)18/h4-5,8-9H,3,6-7,14H2,1-2H3. The second kappa shape index (κ2) is 5.08. The average molecular weight is 246 g/mol. The Labute approximate surface area is 106 Å². The number of aromatic nitrogens is 3.